The summed E-state index contributed by atoms with van der Waals surface area (Å²) >= 11 is 0. The maximum atomic E-state index is 9.30. The second-order valence-corrected chi connectivity index (χ2v) is 5.38. The summed E-state index contributed by atoms with van der Waals surface area (Å²) in [7, 11) is 2.07. The first-order chi connectivity index (χ1) is 9.00. The number of hydrogen-bond donors (Lipinski definition) is 1. The zero-order valence-electron chi connectivity index (χ0n) is 12.5. The molecule has 1 aromatic rings. The lowest BCUT2D eigenvalue weighted by Gasteiger charge is -2.27. The minimum Gasteiger partial charge on any atom is -0.374 e. The van der Waals surface area contributed by atoms with E-state index in [1.54, 1.807) is 0 Å². The summed E-state index contributed by atoms with van der Waals surface area (Å²) in [5.74, 6) is 0. The smallest absolute Gasteiger partial charge is 0.105 e. The van der Waals surface area contributed by atoms with Crippen molar-refractivity contribution >= 4 is 5.69 Å². The van der Waals surface area contributed by atoms with Crippen LogP contribution in [0.5, 0.6) is 0 Å². The van der Waals surface area contributed by atoms with Crippen molar-refractivity contribution in [2.24, 2.45) is 0 Å². The minimum absolute atomic E-state index is 0.436. The molecule has 0 spiro atoms. The molecule has 1 N–H and O–H groups in total. The summed E-state index contributed by atoms with van der Waals surface area (Å²) in [6.07, 6.45) is 1.86. The molecule has 1 unspecified atom stereocenters. The molecule has 0 aliphatic rings. The molecule has 0 aliphatic carbocycles. The summed E-state index contributed by atoms with van der Waals surface area (Å²) in [6.45, 7) is 7.93. The Bertz CT molecular complexity index is 419. The van der Waals surface area contributed by atoms with Gasteiger partial charge in [-0.1, -0.05) is 24.6 Å². The van der Waals surface area contributed by atoms with Crippen molar-refractivity contribution in [3.63, 3.8) is 0 Å². The van der Waals surface area contributed by atoms with Crippen LogP contribution < -0.4 is 10.2 Å². The van der Waals surface area contributed by atoms with Crippen LogP contribution in [0.15, 0.2) is 24.3 Å². The zero-order chi connectivity index (χ0) is 14.3. The standard InChI is InChI=1S/C16H25N3/c1-5-11-18-16(3,13-17)10-12-19(4)15-8-6-14(2)7-9-15/h6-9,18H,5,10-12H2,1-4H3. The first-order valence-corrected chi connectivity index (χ1v) is 6.95. The van der Waals surface area contributed by atoms with Gasteiger partial charge in [-0.15, -0.1) is 0 Å². The number of anilines is 1. The molecule has 0 heterocycles. The maximum Gasteiger partial charge on any atom is 0.105 e. The molecule has 0 saturated heterocycles. The van der Waals surface area contributed by atoms with Crippen LogP contribution >= 0.6 is 0 Å². The normalized spacial score (nSPS) is 13.6. The molecule has 3 heteroatoms. The molecule has 104 valence electrons. The monoisotopic (exact) mass is 259 g/mol. The minimum atomic E-state index is -0.436. The van der Waals surface area contributed by atoms with E-state index in [-0.39, 0.29) is 0 Å². The number of hydrogen-bond acceptors (Lipinski definition) is 3. The molecular formula is C16H25N3. The van der Waals surface area contributed by atoms with Gasteiger partial charge in [0.15, 0.2) is 0 Å². The van der Waals surface area contributed by atoms with Crippen molar-refractivity contribution < 1.29 is 0 Å². The first-order valence-electron chi connectivity index (χ1n) is 6.95. The molecule has 1 rings (SSSR count). The van der Waals surface area contributed by atoms with E-state index in [1.165, 1.54) is 11.3 Å². The van der Waals surface area contributed by atoms with Crippen molar-refractivity contribution in [3.05, 3.63) is 29.8 Å². The van der Waals surface area contributed by atoms with Gasteiger partial charge in [0.05, 0.1) is 6.07 Å². The van der Waals surface area contributed by atoms with Gasteiger partial charge in [-0.2, -0.15) is 5.26 Å². The van der Waals surface area contributed by atoms with Gasteiger partial charge in [0.25, 0.3) is 0 Å². The largest absolute Gasteiger partial charge is 0.374 e. The summed E-state index contributed by atoms with van der Waals surface area (Å²) in [6, 6.07) is 10.9. The second-order valence-electron chi connectivity index (χ2n) is 5.38. The van der Waals surface area contributed by atoms with Crippen molar-refractivity contribution in [1.82, 2.24) is 5.32 Å². The number of nitrogens with one attached hydrogen (secondary N) is 1. The molecule has 3 nitrogen and oxygen atoms in total. The quantitative estimate of drug-likeness (QED) is 0.818. The number of nitrogens with zero attached hydrogens (tertiary/aromatic N) is 2. The second kappa shape index (κ2) is 7.16. The average molecular weight is 259 g/mol. The van der Waals surface area contributed by atoms with E-state index in [0.717, 1.165) is 25.9 Å². The third-order valence-corrected chi connectivity index (χ3v) is 3.43. The average Bonchev–Trinajstić information content (AvgIpc) is 2.43. The van der Waals surface area contributed by atoms with E-state index >= 15 is 0 Å². The highest BCUT2D eigenvalue weighted by Gasteiger charge is 2.22. The summed E-state index contributed by atoms with van der Waals surface area (Å²) in [5, 5.41) is 12.6. The number of nitriles is 1. The third-order valence-electron chi connectivity index (χ3n) is 3.43. The van der Waals surface area contributed by atoms with Gasteiger partial charge in [0.1, 0.15) is 5.54 Å². The molecule has 0 radical (unpaired) electrons. The van der Waals surface area contributed by atoms with E-state index < -0.39 is 5.54 Å². The van der Waals surface area contributed by atoms with E-state index in [9.17, 15) is 5.26 Å². The maximum absolute atomic E-state index is 9.30. The Morgan fingerprint density at radius 1 is 1.32 bits per heavy atom. The van der Waals surface area contributed by atoms with Gasteiger partial charge in [0, 0.05) is 19.3 Å². The van der Waals surface area contributed by atoms with Gasteiger partial charge in [-0.3, -0.25) is 5.32 Å². The van der Waals surface area contributed by atoms with Gasteiger partial charge in [0.2, 0.25) is 0 Å². The Morgan fingerprint density at radius 2 is 1.95 bits per heavy atom. The van der Waals surface area contributed by atoms with Crippen LogP contribution in [0.25, 0.3) is 0 Å². The molecule has 0 bridgehead atoms. The molecular weight excluding hydrogens is 234 g/mol. The van der Waals surface area contributed by atoms with Crippen LogP contribution in [0.2, 0.25) is 0 Å². The molecule has 0 aliphatic heterocycles. The van der Waals surface area contributed by atoms with Crippen LogP contribution in [0.3, 0.4) is 0 Å². The Labute approximate surface area is 117 Å². The molecule has 0 saturated carbocycles. The van der Waals surface area contributed by atoms with Crippen molar-refractivity contribution in [1.29, 1.82) is 5.26 Å². The summed E-state index contributed by atoms with van der Waals surface area (Å²) < 4.78 is 0. The lowest BCUT2D eigenvalue weighted by Crippen LogP contribution is -2.43. The van der Waals surface area contributed by atoms with Crippen LogP contribution in [0.1, 0.15) is 32.3 Å². The van der Waals surface area contributed by atoms with E-state index in [4.69, 9.17) is 0 Å². The molecule has 1 atom stereocenters. The predicted octanol–water partition coefficient (Wildman–Crippen LogP) is 3.10. The Balaban J connectivity index is 2.55. The molecule has 19 heavy (non-hydrogen) atoms. The highest BCUT2D eigenvalue weighted by atomic mass is 15.1. The van der Waals surface area contributed by atoms with E-state index in [1.807, 2.05) is 6.92 Å². The van der Waals surface area contributed by atoms with Crippen LogP contribution in [0, 0.1) is 18.3 Å². The SMILES string of the molecule is CCCNC(C)(C#N)CCN(C)c1ccc(C)cc1. The fourth-order valence-corrected chi connectivity index (χ4v) is 1.90. The molecule has 0 fully saturated rings. The highest BCUT2D eigenvalue weighted by molar-refractivity contribution is 5.46. The van der Waals surface area contributed by atoms with Crippen LogP contribution in [0.4, 0.5) is 5.69 Å². The Morgan fingerprint density at radius 3 is 2.47 bits per heavy atom. The summed E-state index contributed by atoms with van der Waals surface area (Å²) in [5.41, 5.74) is 2.03. The summed E-state index contributed by atoms with van der Waals surface area (Å²) in [4.78, 5) is 2.20. The van der Waals surface area contributed by atoms with Crippen LogP contribution in [-0.4, -0.2) is 25.7 Å². The van der Waals surface area contributed by atoms with Gasteiger partial charge in [-0.25, -0.2) is 0 Å². The predicted molar refractivity (Wildman–Crippen MR) is 81.4 cm³/mol. The van der Waals surface area contributed by atoms with Gasteiger partial charge >= 0.3 is 0 Å². The number of rotatable bonds is 7. The molecule has 1 aromatic carbocycles. The topological polar surface area (TPSA) is 39.1 Å². The number of benzene rings is 1. The zero-order valence-corrected chi connectivity index (χ0v) is 12.5. The Kier molecular flexibility index (Phi) is 5.85. The van der Waals surface area contributed by atoms with Gasteiger partial charge < -0.3 is 4.90 Å². The molecule has 0 amide bonds. The molecule has 0 aromatic heterocycles. The van der Waals surface area contributed by atoms with Crippen molar-refractivity contribution in [2.75, 3.05) is 25.0 Å². The van der Waals surface area contributed by atoms with Crippen molar-refractivity contribution in [2.45, 2.75) is 39.2 Å². The first kappa shape index (κ1) is 15.5. The number of aryl methyl sites for hydroxylation is 1. The van der Waals surface area contributed by atoms with Crippen molar-refractivity contribution in [3.8, 4) is 6.07 Å². The van der Waals surface area contributed by atoms with E-state index in [0.29, 0.717) is 0 Å². The fraction of sp³-hybridized carbons (Fsp3) is 0.562. The lowest BCUT2D eigenvalue weighted by molar-refractivity contribution is 0.421. The Hall–Kier alpha value is -1.53. The third kappa shape index (κ3) is 4.92. The van der Waals surface area contributed by atoms with Crippen LogP contribution in [-0.2, 0) is 0 Å². The van der Waals surface area contributed by atoms with E-state index in [2.05, 4.69) is 61.4 Å². The lowest BCUT2D eigenvalue weighted by atomic mass is 9.99. The van der Waals surface area contributed by atoms with Gasteiger partial charge in [-0.05, 0) is 45.4 Å². The highest BCUT2D eigenvalue weighted by Crippen LogP contribution is 2.16. The fourth-order valence-electron chi connectivity index (χ4n) is 1.90.